The first kappa shape index (κ1) is 22.6. The van der Waals surface area contributed by atoms with Gasteiger partial charge in [-0.15, -0.1) is 0 Å². The van der Waals surface area contributed by atoms with Crippen molar-refractivity contribution < 1.29 is 19.0 Å². The standard InChI is InChI=1S/C22H27ClN2O4/c1-5-27-21-13-18(14-24-25-17(4)26)12-19(23)22(21)29-11-7-10-28-20-9-6-8-15(2)16(20)3/h6,8-9,12-14H,5,7,10-11H2,1-4H3,(H,25,26)/b24-14+. The normalized spacial score (nSPS) is 10.8. The molecule has 0 atom stereocenters. The first-order chi connectivity index (χ1) is 13.9. The molecule has 1 amide bonds. The van der Waals surface area contributed by atoms with Gasteiger partial charge in [0.1, 0.15) is 5.75 Å². The summed E-state index contributed by atoms with van der Waals surface area (Å²) in [7, 11) is 0. The Bertz CT molecular complexity index is 868. The summed E-state index contributed by atoms with van der Waals surface area (Å²) < 4.78 is 17.4. The van der Waals surface area contributed by atoms with Gasteiger partial charge < -0.3 is 14.2 Å². The summed E-state index contributed by atoms with van der Waals surface area (Å²) >= 11 is 6.37. The van der Waals surface area contributed by atoms with E-state index in [2.05, 4.69) is 23.5 Å². The molecule has 156 valence electrons. The molecule has 0 spiro atoms. The number of aryl methyl sites for hydroxylation is 1. The van der Waals surface area contributed by atoms with E-state index in [9.17, 15) is 4.79 Å². The van der Waals surface area contributed by atoms with E-state index in [0.29, 0.717) is 48.3 Å². The molecule has 29 heavy (non-hydrogen) atoms. The topological polar surface area (TPSA) is 69.2 Å². The summed E-state index contributed by atoms with van der Waals surface area (Å²) in [6, 6.07) is 9.49. The van der Waals surface area contributed by atoms with Crippen molar-refractivity contribution >= 4 is 23.7 Å². The lowest BCUT2D eigenvalue weighted by atomic mass is 10.1. The maximum atomic E-state index is 10.9. The van der Waals surface area contributed by atoms with Crippen LogP contribution in [-0.2, 0) is 4.79 Å². The van der Waals surface area contributed by atoms with Crippen LogP contribution < -0.4 is 19.6 Å². The van der Waals surface area contributed by atoms with Crippen LogP contribution in [0.2, 0.25) is 5.02 Å². The van der Waals surface area contributed by atoms with Gasteiger partial charge in [0.25, 0.3) is 0 Å². The molecule has 0 unspecified atom stereocenters. The smallest absolute Gasteiger partial charge is 0.236 e. The van der Waals surface area contributed by atoms with E-state index >= 15 is 0 Å². The van der Waals surface area contributed by atoms with Crippen LogP contribution in [0.5, 0.6) is 17.2 Å². The van der Waals surface area contributed by atoms with Crippen LogP contribution in [0.1, 0.15) is 37.0 Å². The summed E-state index contributed by atoms with van der Waals surface area (Å²) in [4.78, 5) is 10.9. The molecule has 0 saturated heterocycles. The molecule has 0 aliphatic heterocycles. The van der Waals surface area contributed by atoms with Gasteiger partial charge in [0.15, 0.2) is 11.5 Å². The zero-order valence-electron chi connectivity index (χ0n) is 17.3. The zero-order chi connectivity index (χ0) is 21.2. The van der Waals surface area contributed by atoms with Crippen LogP contribution in [0.3, 0.4) is 0 Å². The first-order valence-corrected chi connectivity index (χ1v) is 9.88. The zero-order valence-corrected chi connectivity index (χ0v) is 18.0. The van der Waals surface area contributed by atoms with Gasteiger partial charge in [-0.2, -0.15) is 5.10 Å². The van der Waals surface area contributed by atoms with Gasteiger partial charge >= 0.3 is 0 Å². The molecule has 0 radical (unpaired) electrons. The summed E-state index contributed by atoms with van der Waals surface area (Å²) in [5.41, 5.74) is 5.39. The van der Waals surface area contributed by atoms with Crippen molar-refractivity contribution in [2.24, 2.45) is 5.10 Å². The van der Waals surface area contributed by atoms with Crippen molar-refractivity contribution in [3.05, 3.63) is 52.0 Å². The van der Waals surface area contributed by atoms with E-state index in [0.717, 1.165) is 11.3 Å². The van der Waals surface area contributed by atoms with E-state index in [1.807, 2.05) is 26.0 Å². The largest absolute Gasteiger partial charge is 0.493 e. The molecule has 0 aliphatic rings. The number of amides is 1. The summed E-state index contributed by atoms with van der Waals surface area (Å²) in [6.07, 6.45) is 2.19. The van der Waals surface area contributed by atoms with Gasteiger partial charge in [-0.05, 0) is 55.7 Å². The average Bonchev–Trinajstić information content (AvgIpc) is 2.66. The molecule has 7 heteroatoms. The van der Waals surface area contributed by atoms with Crippen molar-refractivity contribution in [1.82, 2.24) is 5.43 Å². The SMILES string of the molecule is CCOc1cc(/C=N/NC(C)=O)cc(Cl)c1OCCCOc1cccc(C)c1C. The molecule has 0 aliphatic carbocycles. The predicted molar refractivity (Wildman–Crippen MR) is 116 cm³/mol. The highest BCUT2D eigenvalue weighted by atomic mass is 35.5. The highest BCUT2D eigenvalue weighted by molar-refractivity contribution is 6.32. The van der Waals surface area contributed by atoms with Gasteiger partial charge in [-0.25, -0.2) is 5.43 Å². The monoisotopic (exact) mass is 418 g/mol. The van der Waals surface area contributed by atoms with Gasteiger partial charge in [-0.1, -0.05) is 23.7 Å². The second-order valence-corrected chi connectivity index (χ2v) is 6.84. The number of nitrogens with one attached hydrogen (secondary N) is 1. The number of hydrogen-bond donors (Lipinski definition) is 1. The average molecular weight is 419 g/mol. The summed E-state index contributed by atoms with van der Waals surface area (Å²) in [5, 5.41) is 4.26. The number of nitrogens with zero attached hydrogens (tertiary/aromatic N) is 1. The Hall–Kier alpha value is -2.73. The van der Waals surface area contributed by atoms with E-state index < -0.39 is 0 Å². The van der Waals surface area contributed by atoms with Crippen LogP contribution in [0, 0.1) is 13.8 Å². The second kappa shape index (κ2) is 11.3. The second-order valence-electron chi connectivity index (χ2n) is 6.44. The van der Waals surface area contributed by atoms with Crippen LogP contribution >= 0.6 is 11.6 Å². The molecule has 0 fully saturated rings. The number of benzene rings is 2. The molecule has 2 aromatic rings. The molecular weight excluding hydrogens is 392 g/mol. The quantitative estimate of drug-likeness (QED) is 0.345. The third-order valence-corrected chi connectivity index (χ3v) is 4.40. The van der Waals surface area contributed by atoms with Crippen molar-refractivity contribution in [3.63, 3.8) is 0 Å². The number of halogens is 1. The first-order valence-electron chi connectivity index (χ1n) is 9.50. The predicted octanol–water partition coefficient (Wildman–Crippen LogP) is 4.67. The van der Waals surface area contributed by atoms with E-state index in [-0.39, 0.29) is 5.91 Å². The molecular formula is C22H27ClN2O4. The minimum absolute atomic E-state index is 0.250. The molecule has 0 saturated carbocycles. The highest BCUT2D eigenvalue weighted by Crippen LogP contribution is 2.36. The van der Waals surface area contributed by atoms with Crippen molar-refractivity contribution in [1.29, 1.82) is 0 Å². The number of carbonyl (C=O) groups is 1. The fourth-order valence-corrected chi connectivity index (χ4v) is 2.83. The third kappa shape index (κ3) is 6.98. The van der Waals surface area contributed by atoms with E-state index in [1.54, 1.807) is 12.1 Å². The molecule has 0 bridgehead atoms. The van der Waals surface area contributed by atoms with Crippen LogP contribution in [0.15, 0.2) is 35.4 Å². The molecule has 2 aromatic carbocycles. The fourth-order valence-electron chi connectivity index (χ4n) is 2.56. The molecule has 1 N–H and O–H groups in total. The molecule has 0 aromatic heterocycles. The number of rotatable bonds is 10. The van der Waals surface area contributed by atoms with E-state index in [4.69, 9.17) is 25.8 Å². The summed E-state index contributed by atoms with van der Waals surface area (Å²) in [6.45, 7) is 8.82. The minimum Gasteiger partial charge on any atom is -0.493 e. The van der Waals surface area contributed by atoms with Crippen LogP contribution in [-0.4, -0.2) is 31.9 Å². The Morgan fingerprint density at radius 2 is 1.90 bits per heavy atom. The number of hydrogen-bond acceptors (Lipinski definition) is 5. The minimum atomic E-state index is -0.250. The van der Waals surface area contributed by atoms with Crippen LogP contribution in [0.4, 0.5) is 0 Å². The van der Waals surface area contributed by atoms with Gasteiger partial charge in [0.05, 0.1) is 31.1 Å². The number of carbonyl (C=O) groups excluding carboxylic acids is 1. The lowest BCUT2D eigenvalue weighted by Gasteiger charge is -2.15. The molecule has 0 heterocycles. The van der Waals surface area contributed by atoms with E-state index in [1.165, 1.54) is 18.7 Å². The van der Waals surface area contributed by atoms with Crippen molar-refractivity contribution in [2.45, 2.75) is 34.1 Å². The fraction of sp³-hybridized carbons (Fsp3) is 0.364. The maximum Gasteiger partial charge on any atom is 0.236 e. The van der Waals surface area contributed by atoms with Crippen molar-refractivity contribution in [2.75, 3.05) is 19.8 Å². The van der Waals surface area contributed by atoms with Gasteiger partial charge in [0, 0.05) is 13.3 Å². The Labute approximate surface area is 176 Å². The Kier molecular flexibility index (Phi) is 8.80. The van der Waals surface area contributed by atoms with Gasteiger partial charge in [-0.3, -0.25) is 4.79 Å². The Morgan fingerprint density at radius 1 is 1.14 bits per heavy atom. The third-order valence-electron chi connectivity index (χ3n) is 4.11. The highest BCUT2D eigenvalue weighted by Gasteiger charge is 2.12. The number of ether oxygens (including phenoxy) is 3. The van der Waals surface area contributed by atoms with Gasteiger partial charge in [0.2, 0.25) is 5.91 Å². The Balaban J connectivity index is 1.95. The summed E-state index contributed by atoms with van der Waals surface area (Å²) in [5.74, 6) is 1.65. The lowest BCUT2D eigenvalue weighted by molar-refractivity contribution is -0.118. The van der Waals surface area contributed by atoms with Crippen molar-refractivity contribution in [3.8, 4) is 17.2 Å². The lowest BCUT2D eigenvalue weighted by Crippen LogP contribution is -2.12. The molecule has 2 rings (SSSR count). The molecule has 6 nitrogen and oxygen atoms in total. The maximum absolute atomic E-state index is 10.9. The number of hydrazone groups is 1. The van der Waals surface area contributed by atoms with Crippen LogP contribution in [0.25, 0.3) is 0 Å². The Morgan fingerprint density at radius 3 is 2.62 bits per heavy atom.